The first kappa shape index (κ1) is 14.6. The van der Waals surface area contributed by atoms with Gasteiger partial charge in [-0.1, -0.05) is 0 Å². The number of sulfonamides is 1. The van der Waals surface area contributed by atoms with Crippen LogP contribution >= 0.6 is 0 Å². The van der Waals surface area contributed by atoms with Crippen LogP contribution in [0.1, 0.15) is 31.3 Å². The van der Waals surface area contributed by atoms with Crippen molar-refractivity contribution >= 4 is 15.7 Å². The highest BCUT2D eigenvalue weighted by atomic mass is 32.2. The fraction of sp³-hybridized carbons (Fsp3) is 0.500. The van der Waals surface area contributed by atoms with Crippen molar-refractivity contribution in [3.8, 4) is 0 Å². The fourth-order valence-electron chi connectivity index (χ4n) is 2.03. The first-order valence-corrected chi connectivity index (χ1v) is 7.77. The molecule has 7 nitrogen and oxygen atoms in total. The van der Waals surface area contributed by atoms with E-state index in [0.717, 1.165) is 5.69 Å². The van der Waals surface area contributed by atoms with Crippen molar-refractivity contribution in [3.05, 3.63) is 23.9 Å². The van der Waals surface area contributed by atoms with Gasteiger partial charge in [0.25, 0.3) is 10.0 Å². The van der Waals surface area contributed by atoms with Gasteiger partial charge in [0.05, 0.1) is 23.4 Å². The zero-order valence-corrected chi connectivity index (χ0v) is 13.1. The minimum absolute atomic E-state index is 0.00361. The van der Waals surface area contributed by atoms with Crippen LogP contribution in [0.3, 0.4) is 0 Å². The molecule has 0 atom stereocenters. The number of nitrogens with zero attached hydrogens (tertiary/aromatic N) is 4. The first-order chi connectivity index (χ1) is 9.22. The zero-order valence-electron chi connectivity index (χ0n) is 12.2. The minimum atomic E-state index is -3.69. The van der Waals surface area contributed by atoms with Crippen molar-refractivity contribution in [3.63, 3.8) is 0 Å². The van der Waals surface area contributed by atoms with Crippen molar-refractivity contribution in [2.75, 3.05) is 4.72 Å². The summed E-state index contributed by atoms with van der Waals surface area (Å²) in [5, 5.41) is 4.35. The Morgan fingerprint density at radius 3 is 2.40 bits per heavy atom. The molecular formula is C12H19N5O2S. The third-order valence-corrected chi connectivity index (χ3v) is 4.24. The summed E-state index contributed by atoms with van der Waals surface area (Å²) >= 11 is 0. The van der Waals surface area contributed by atoms with Crippen LogP contribution in [0.5, 0.6) is 0 Å². The summed E-state index contributed by atoms with van der Waals surface area (Å²) in [6.07, 6.45) is 2.91. The molecule has 2 heterocycles. The molecule has 0 aromatic carbocycles. The number of anilines is 1. The fourth-order valence-corrected chi connectivity index (χ4v) is 3.19. The molecule has 0 aliphatic carbocycles. The summed E-state index contributed by atoms with van der Waals surface area (Å²) in [6, 6.07) is 0.168. The molecule has 0 saturated heterocycles. The van der Waals surface area contributed by atoms with Gasteiger partial charge in [-0.05, 0) is 27.7 Å². The molecule has 0 aliphatic heterocycles. The van der Waals surface area contributed by atoms with E-state index >= 15 is 0 Å². The molecule has 0 saturated carbocycles. The van der Waals surface area contributed by atoms with Gasteiger partial charge in [0.15, 0.2) is 5.03 Å². The Labute approximate surface area is 118 Å². The Kier molecular flexibility index (Phi) is 3.59. The highest BCUT2D eigenvalue weighted by Crippen LogP contribution is 2.24. The topological polar surface area (TPSA) is 81.8 Å². The molecule has 0 aliphatic rings. The number of rotatable bonds is 4. The van der Waals surface area contributed by atoms with E-state index in [-0.39, 0.29) is 11.1 Å². The van der Waals surface area contributed by atoms with E-state index in [0.29, 0.717) is 11.4 Å². The number of hydrogen-bond donors (Lipinski definition) is 1. The van der Waals surface area contributed by atoms with E-state index in [1.165, 1.54) is 12.5 Å². The lowest BCUT2D eigenvalue weighted by Gasteiger charge is -2.09. The maximum absolute atomic E-state index is 12.3. The van der Waals surface area contributed by atoms with Crippen LogP contribution in [0.15, 0.2) is 17.6 Å². The molecule has 2 aromatic heterocycles. The van der Waals surface area contributed by atoms with Gasteiger partial charge in [-0.15, -0.1) is 0 Å². The average Bonchev–Trinajstić information content (AvgIpc) is 2.88. The van der Waals surface area contributed by atoms with Gasteiger partial charge in [-0.2, -0.15) is 13.5 Å². The van der Waals surface area contributed by atoms with Crippen molar-refractivity contribution < 1.29 is 8.42 Å². The highest BCUT2D eigenvalue weighted by molar-refractivity contribution is 7.92. The molecular weight excluding hydrogens is 278 g/mol. The lowest BCUT2D eigenvalue weighted by Crippen LogP contribution is -2.15. The normalized spacial score (nSPS) is 12.1. The van der Waals surface area contributed by atoms with E-state index in [1.807, 2.05) is 20.8 Å². The third kappa shape index (κ3) is 2.55. The molecule has 110 valence electrons. The monoisotopic (exact) mass is 297 g/mol. The second kappa shape index (κ2) is 4.93. The van der Waals surface area contributed by atoms with Crippen LogP contribution < -0.4 is 4.72 Å². The van der Waals surface area contributed by atoms with Crippen molar-refractivity contribution in [1.29, 1.82) is 0 Å². The summed E-state index contributed by atoms with van der Waals surface area (Å²) in [6.45, 7) is 7.62. The molecule has 2 rings (SSSR count). The minimum Gasteiger partial charge on any atom is -0.339 e. The Hall–Kier alpha value is -1.83. The lowest BCUT2D eigenvalue weighted by atomic mass is 10.3. The van der Waals surface area contributed by atoms with Gasteiger partial charge < -0.3 is 4.57 Å². The standard InChI is InChI=1S/C12H19N5O2S/c1-8(2)17-10(4)12(9(3)14-17)15-20(18,19)11-6-16(5)7-13-11/h6-8,15H,1-5H3. The second-order valence-electron chi connectivity index (χ2n) is 5.07. The predicted molar refractivity (Wildman–Crippen MR) is 76.1 cm³/mol. The van der Waals surface area contributed by atoms with E-state index in [4.69, 9.17) is 0 Å². The van der Waals surface area contributed by atoms with Gasteiger partial charge in [0.2, 0.25) is 0 Å². The van der Waals surface area contributed by atoms with Gasteiger partial charge >= 0.3 is 0 Å². The van der Waals surface area contributed by atoms with Crippen LogP contribution in [0, 0.1) is 13.8 Å². The van der Waals surface area contributed by atoms with Gasteiger partial charge in [0.1, 0.15) is 0 Å². The molecule has 0 amide bonds. The number of aromatic nitrogens is 4. The Morgan fingerprint density at radius 1 is 1.30 bits per heavy atom. The summed E-state index contributed by atoms with van der Waals surface area (Å²) in [7, 11) is -1.96. The molecule has 0 radical (unpaired) electrons. The zero-order chi connectivity index (χ0) is 15.1. The summed E-state index contributed by atoms with van der Waals surface area (Å²) < 4.78 is 30.5. The van der Waals surface area contributed by atoms with Gasteiger partial charge in [-0.3, -0.25) is 9.40 Å². The average molecular weight is 297 g/mol. The lowest BCUT2D eigenvalue weighted by molar-refractivity contribution is 0.516. The van der Waals surface area contributed by atoms with Crippen molar-refractivity contribution in [2.45, 2.75) is 38.8 Å². The van der Waals surface area contributed by atoms with Crippen molar-refractivity contribution in [1.82, 2.24) is 19.3 Å². The summed E-state index contributed by atoms with van der Waals surface area (Å²) in [5.74, 6) is 0. The number of aryl methyl sites for hydroxylation is 2. The Bertz CT molecular complexity index is 727. The van der Waals surface area contributed by atoms with Crippen LogP contribution in [-0.2, 0) is 17.1 Å². The molecule has 0 spiro atoms. The molecule has 20 heavy (non-hydrogen) atoms. The van der Waals surface area contributed by atoms with Gasteiger partial charge in [-0.25, -0.2) is 4.98 Å². The maximum atomic E-state index is 12.3. The summed E-state index contributed by atoms with van der Waals surface area (Å²) in [5.41, 5.74) is 1.96. The molecule has 8 heteroatoms. The van der Waals surface area contributed by atoms with Crippen molar-refractivity contribution in [2.24, 2.45) is 7.05 Å². The van der Waals surface area contributed by atoms with E-state index in [2.05, 4.69) is 14.8 Å². The second-order valence-corrected chi connectivity index (χ2v) is 6.70. The SMILES string of the molecule is Cc1nn(C(C)C)c(C)c1NS(=O)(=O)c1cn(C)cn1. The Morgan fingerprint density at radius 2 is 1.95 bits per heavy atom. The molecule has 0 bridgehead atoms. The third-order valence-electron chi connectivity index (χ3n) is 3.01. The van der Waals surface area contributed by atoms with E-state index in [9.17, 15) is 8.42 Å². The maximum Gasteiger partial charge on any atom is 0.281 e. The largest absolute Gasteiger partial charge is 0.339 e. The van der Waals surface area contributed by atoms with E-state index in [1.54, 1.807) is 23.2 Å². The summed E-state index contributed by atoms with van der Waals surface area (Å²) in [4.78, 5) is 3.87. The highest BCUT2D eigenvalue weighted by Gasteiger charge is 2.22. The number of nitrogens with one attached hydrogen (secondary N) is 1. The molecule has 0 fully saturated rings. The number of hydrogen-bond acceptors (Lipinski definition) is 4. The van der Waals surface area contributed by atoms with Crippen LogP contribution in [-0.4, -0.2) is 27.7 Å². The van der Waals surface area contributed by atoms with Crippen LogP contribution in [0.4, 0.5) is 5.69 Å². The molecule has 2 aromatic rings. The first-order valence-electron chi connectivity index (χ1n) is 6.29. The predicted octanol–water partition coefficient (Wildman–Crippen LogP) is 1.62. The van der Waals surface area contributed by atoms with Crippen LogP contribution in [0.2, 0.25) is 0 Å². The van der Waals surface area contributed by atoms with E-state index < -0.39 is 10.0 Å². The molecule has 1 N–H and O–H groups in total. The van der Waals surface area contributed by atoms with Gasteiger partial charge in [0, 0.05) is 19.3 Å². The smallest absolute Gasteiger partial charge is 0.281 e. The Balaban J connectivity index is 2.40. The number of imidazole rings is 1. The van der Waals surface area contributed by atoms with Crippen LogP contribution in [0.25, 0.3) is 0 Å². The molecule has 0 unspecified atom stereocenters. The quantitative estimate of drug-likeness (QED) is 0.929.